The standard InChI is InChI=1S/C27H32N8O12S4.2Na/c1-15(36)28-23-13-48(38,39)32-25-19(21(30-34(23)25)11-50(42,43)44)6-5-17-7-18(10-27(3,4)9-17)8-20-22(12-51(45,46)47)31-35-24(29-16(2)37)14-49(40,41)33-26(20)35;;/h5-8,13-14,18,32H,9-12H2,1-4H3,(H,28,36)(H,29,37)(H,42,43,44)(H,45,46,47);;/q;2*+1/p-2. The molecule has 0 radical (unpaired) electrons. The monoisotopic (exact) mass is 832 g/mol. The van der Waals surface area contributed by atoms with E-state index in [1.807, 2.05) is 13.8 Å². The van der Waals surface area contributed by atoms with Gasteiger partial charge in [0.05, 0.1) is 33.7 Å². The molecule has 3 N–H and O–H groups in total. The summed E-state index contributed by atoms with van der Waals surface area (Å²) in [5.41, 5.74) is -0.983. The van der Waals surface area contributed by atoms with Gasteiger partial charge in [0.1, 0.15) is 31.9 Å². The van der Waals surface area contributed by atoms with Crippen LogP contribution in [0, 0.1) is 11.3 Å². The number of aromatic nitrogens is 4. The maximum atomic E-state index is 12.6. The molecule has 0 aromatic carbocycles. The normalized spacial score (nSPS) is 20.2. The Hall–Kier alpha value is -2.49. The van der Waals surface area contributed by atoms with Crippen LogP contribution in [0.3, 0.4) is 0 Å². The third-order valence-electron chi connectivity index (χ3n) is 7.39. The van der Waals surface area contributed by atoms with Gasteiger partial charge >= 0.3 is 59.1 Å². The minimum absolute atomic E-state index is 0. The van der Waals surface area contributed by atoms with Gasteiger partial charge in [0.25, 0.3) is 20.0 Å². The molecule has 53 heavy (non-hydrogen) atoms. The second kappa shape index (κ2) is 15.9. The third-order valence-corrected chi connectivity index (χ3v) is 10.6. The number of hydrogen-bond acceptors (Lipinski definition) is 14. The fraction of sp³-hybridized carbons (Fsp3) is 0.370. The molecule has 1 unspecified atom stereocenters. The Labute approximate surface area is 348 Å². The predicted octanol–water partition coefficient (Wildman–Crippen LogP) is -7.46. The van der Waals surface area contributed by atoms with E-state index < -0.39 is 74.9 Å². The molecule has 0 fully saturated rings. The van der Waals surface area contributed by atoms with Crippen LogP contribution in [-0.4, -0.2) is 74.2 Å². The topological polar surface area (TPSA) is 301 Å². The summed E-state index contributed by atoms with van der Waals surface area (Å²) in [5.74, 6) is -5.07. The number of carbonyl (C=O) groups is 2. The van der Waals surface area contributed by atoms with Crippen molar-refractivity contribution in [3.05, 3.63) is 56.2 Å². The average molecular weight is 833 g/mol. The van der Waals surface area contributed by atoms with E-state index in [-0.39, 0.29) is 104 Å². The van der Waals surface area contributed by atoms with E-state index in [0.29, 0.717) is 29.2 Å². The molecule has 2 amide bonds. The Bertz CT molecular complexity index is 2590. The van der Waals surface area contributed by atoms with Crippen LogP contribution >= 0.6 is 0 Å². The summed E-state index contributed by atoms with van der Waals surface area (Å²) in [6.07, 6.45) is 6.88. The SMILES string of the molecule is CC(=O)NC1=CS(=O)(=O)Nc2c(C=CC3=CC(C=c4c(CS(=O)(=O)[O-])nn5c4=NS(=O)(=O)C=C5NC(C)=O)CC(C)(C)C3)c(CS(=O)(=O)[O-])nn21.[Na+].[Na+]. The zero-order valence-electron chi connectivity index (χ0n) is 29.1. The van der Waals surface area contributed by atoms with Crippen LogP contribution in [0.1, 0.15) is 57.5 Å². The summed E-state index contributed by atoms with van der Waals surface area (Å²) in [6.45, 7) is 6.01. The average Bonchev–Trinajstić information content (AvgIpc) is 3.39. The Kier molecular flexibility index (Phi) is 13.5. The van der Waals surface area contributed by atoms with Gasteiger partial charge in [-0.05, 0) is 30.3 Å². The van der Waals surface area contributed by atoms with Gasteiger partial charge in [-0.15, -0.1) is 4.40 Å². The molecule has 276 valence electrons. The fourth-order valence-electron chi connectivity index (χ4n) is 5.87. The van der Waals surface area contributed by atoms with E-state index in [2.05, 4.69) is 30.0 Å². The minimum atomic E-state index is -4.94. The van der Waals surface area contributed by atoms with E-state index in [4.69, 9.17) is 0 Å². The summed E-state index contributed by atoms with van der Waals surface area (Å²) in [4.78, 5) is 23.6. The first-order chi connectivity index (χ1) is 23.3. The van der Waals surface area contributed by atoms with Gasteiger partial charge < -0.3 is 19.7 Å². The molecule has 0 saturated carbocycles. The van der Waals surface area contributed by atoms with Crippen molar-refractivity contribution in [2.75, 3.05) is 4.72 Å². The molecule has 1 aliphatic carbocycles. The molecular weight excluding hydrogens is 803 g/mol. The maximum absolute atomic E-state index is 12.6. The van der Waals surface area contributed by atoms with Crippen molar-refractivity contribution in [2.45, 2.75) is 52.0 Å². The molecule has 3 aliphatic rings. The summed E-state index contributed by atoms with van der Waals surface area (Å²) in [7, 11) is -18.4. The second-order valence-electron chi connectivity index (χ2n) is 12.7. The molecular formula is C27H30N8Na2O12S4. The number of carbonyl (C=O) groups excluding carboxylic acids is 2. The number of nitrogens with zero attached hydrogens (tertiary/aromatic N) is 5. The van der Waals surface area contributed by atoms with Gasteiger partial charge in [0, 0.05) is 24.6 Å². The van der Waals surface area contributed by atoms with Crippen molar-refractivity contribution in [1.82, 2.24) is 30.2 Å². The zero-order valence-corrected chi connectivity index (χ0v) is 36.4. The Morgan fingerprint density at radius 3 is 2.04 bits per heavy atom. The first kappa shape index (κ1) is 44.9. The molecule has 2 aromatic heterocycles. The van der Waals surface area contributed by atoms with Crippen LogP contribution in [0.25, 0.3) is 23.8 Å². The molecule has 2 aliphatic heterocycles. The molecule has 5 rings (SSSR count). The summed E-state index contributed by atoms with van der Waals surface area (Å²) >= 11 is 0. The number of rotatable bonds is 9. The van der Waals surface area contributed by atoms with Crippen molar-refractivity contribution < 1.29 is 111 Å². The van der Waals surface area contributed by atoms with Crippen LogP contribution < -0.4 is 85.2 Å². The van der Waals surface area contributed by atoms with Crippen LogP contribution in [0.4, 0.5) is 5.82 Å². The van der Waals surface area contributed by atoms with Crippen LogP contribution in [-0.2, 0) is 61.4 Å². The Morgan fingerprint density at radius 1 is 0.925 bits per heavy atom. The first-order valence-electron chi connectivity index (χ1n) is 14.6. The number of anilines is 1. The van der Waals surface area contributed by atoms with Gasteiger partial charge in [-0.2, -0.15) is 28.0 Å². The molecule has 0 spiro atoms. The zero-order chi connectivity index (χ0) is 37.9. The molecule has 20 nitrogen and oxygen atoms in total. The predicted molar refractivity (Wildman–Crippen MR) is 178 cm³/mol. The summed E-state index contributed by atoms with van der Waals surface area (Å²) < 4.78 is 129. The molecule has 1 atom stereocenters. The molecule has 26 heteroatoms. The van der Waals surface area contributed by atoms with Crippen LogP contribution in [0.15, 0.2) is 32.9 Å². The summed E-state index contributed by atoms with van der Waals surface area (Å²) in [5, 5.41) is 14.0. The maximum Gasteiger partial charge on any atom is 1.00 e. The van der Waals surface area contributed by atoms with Crippen molar-refractivity contribution in [3.8, 4) is 0 Å². The molecule has 2 aromatic rings. The van der Waals surface area contributed by atoms with Crippen molar-refractivity contribution in [1.29, 1.82) is 0 Å². The van der Waals surface area contributed by atoms with Crippen molar-refractivity contribution in [2.24, 2.45) is 15.7 Å². The Morgan fingerprint density at radius 2 is 1.47 bits per heavy atom. The van der Waals surface area contributed by atoms with E-state index in [1.54, 1.807) is 6.08 Å². The van der Waals surface area contributed by atoms with E-state index in [1.165, 1.54) is 18.2 Å². The molecule has 0 saturated heterocycles. The first-order valence-corrected chi connectivity index (χ1v) is 20.8. The second-order valence-corrected chi connectivity index (χ2v) is 18.5. The van der Waals surface area contributed by atoms with Gasteiger partial charge in [-0.25, -0.2) is 25.3 Å². The van der Waals surface area contributed by atoms with Crippen molar-refractivity contribution in [3.63, 3.8) is 0 Å². The van der Waals surface area contributed by atoms with Crippen LogP contribution in [0.5, 0.6) is 0 Å². The van der Waals surface area contributed by atoms with Gasteiger partial charge in [0.2, 0.25) is 11.8 Å². The van der Waals surface area contributed by atoms with E-state index >= 15 is 0 Å². The smallest absolute Gasteiger partial charge is 0.748 e. The van der Waals surface area contributed by atoms with Crippen LogP contribution in [0.2, 0.25) is 0 Å². The van der Waals surface area contributed by atoms with E-state index in [9.17, 15) is 52.4 Å². The van der Waals surface area contributed by atoms with Gasteiger partial charge in [0.15, 0.2) is 11.3 Å². The fourth-order valence-corrected chi connectivity index (χ4v) is 8.85. The largest absolute Gasteiger partial charge is 1.00 e. The third kappa shape index (κ3) is 11.5. The molecule has 4 heterocycles. The number of hydrogen-bond donors (Lipinski definition) is 3. The number of sulfonamides is 2. The quantitative estimate of drug-likeness (QED) is 0.156. The number of amides is 2. The van der Waals surface area contributed by atoms with E-state index in [0.717, 1.165) is 23.2 Å². The molecule has 0 bridgehead atoms. The van der Waals surface area contributed by atoms with Gasteiger partial charge in [-0.1, -0.05) is 37.6 Å². The summed E-state index contributed by atoms with van der Waals surface area (Å²) in [6, 6.07) is 0. The minimum Gasteiger partial charge on any atom is -0.748 e. The number of nitrogens with one attached hydrogen (secondary N) is 3. The number of fused-ring (bicyclic) bond motifs is 2. The Balaban J connectivity index is 0.00000378. The van der Waals surface area contributed by atoms with Crippen molar-refractivity contribution >= 4 is 81.7 Å². The van der Waals surface area contributed by atoms with Gasteiger partial charge in [-0.3, -0.25) is 14.3 Å². The number of allylic oxidation sites excluding steroid dienone is 3.